The van der Waals surface area contributed by atoms with Gasteiger partial charge in [0.25, 0.3) is 0 Å². The van der Waals surface area contributed by atoms with Gasteiger partial charge >= 0.3 is 0 Å². The molecular weight excluding hydrogens is 324 g/mol. The molecule has 3 heterocycles. The van der Waals surface area contributed by atoms with Gasteiger partial charge in [0, 0.05) is 19.7 Å². The lowest BCUT2D eigenvalue weighted by molar-refractivity contribution is -0.117. The largest absolute Gasteiger partial charge is 0.371 e. The molecule has 6 nitrogen and oxygen atoms in total. The number of amides is 1. The molecular formula is C17H20N4O2S. The van der Waals surface area contributed by atoms with Crippen molar-refractivity contribution in [2.75, 3.05) is 25.0 Å². The quantitative estimate of drug-likeness (QED) is 0.922. The summed E-state index contributed by atoms with van der Waals surface area (Å²) in [7, 11) is 0. The molecule has 7 heteroatoms. The van der Waals surface area contributed by atoms with E-state index >= 15 is 0 Å². The second-order valence-corrected chi connectivity index (χ2v) is 7.23. The molecule has 0 aliphatic carbocycles. The molecule has 1 saturated heterocycles. The first kappa shape index (κ1) is 15.7. The van der Waals surface area contributed by atoms with Crippen molar-refractivity contribution >= 4 is 22.4 Å². The monoisotopic (exact) mass is 344 g/mol. The summed E-state index contributed by atoms with van der Waals surface area (Å²) in [6, 6.07) is 8.43. The molecule has 0 saturated carbocycles. The first-order valence-electron chi connectivity index (χ1n) is 8.32. The zero-order valence-corrected chi connectivity index (χ0v) is 14.2. The number of nitrogens with one attached hydrogen (secondary N) is 1. The van der Waals surface area contributed by atoms with Crippen molar-refractivity contribution in [3.63, 3.8) is 0 Å². The van der Waals surface area contributed by atoms with Crippen molar-refractivity contribution in [2.45, 2.75) is 31.9 Å². The highest BCUT2D eigenvalue weighted by atomic mass is 32.1. The highest BCUT2D eigenvalue weighted by Gasteiger charge is 2.23. The van der Waals surface area contributed by atoms with Gasteiger partial charge in [-0.1, -0.05) is 35.6 Å². The highest BCUT2D eigenvalue weighted by Crippen LogP contribution is 2.31. The zero-order valence-electron chi connectivity index (χ0n) is 13.4. The average molecular weight is 344 g/mol. The van der Waals surface area contributed by atoms with Crippen LogP contribution < -0.4 is 5.32 Å². The van der Waals surface area contributed by atoms with Gasteiger partial charge in [-0.3, -0.25) is 15.0 Å². The number of carbonyl (C=O) groups is 1. The highest BCUT2D eigenvalue weighted by molar-refractivity contribution is 7.15. The number of anilines is 1. The topological polar surface area (TPSA) is 67.4 Å². The Morgan fingerprint density at radius 1 is 1.33 bits per heavy atom. The van der Waals surface area contributed by atoms with Gasteiger partial charge in [0.15, 0.2) is 0 Å². The molecule has 24 heavy (non-hydrogen) atoms. The smallest absolute Gasteiger partial charge is 0.240 e. The van der Waals surface area contributed by atoms with Gasteiger partial charge in [0.1, 0.15) is 11.1 Å². The maximum absolute atomic E-state index is 12.3. The van der Waals surface area contributed by atoms with E-state index in [1.54, 1.807) is 0 Å². The molecule has 1 amide bonds. The van der Waals surface area contributed by atoms with Crippen LogP contribution in [0.3, 0.4) is 0 Å². The molecule has 4 rings (SSSR count). The fourth-order valence-electron chi connectivity index (χ4n) is 3.24. The molecule has 1 atom stereocenters. The van der Waals surface area contributed by atoms with Crippen molar-refractivity contribution in [2.24, 2.45) is 0 Å². The summed E-state index contributed by atoms with van der Waals surface area (Å²) in [4.78, 5) is 14.4. The molecule has 1 aromatic heterocycles. The number of aromatic nitrogens is 2. The van der Waals surface area contributed by atoms with Crippen LogP contribution in [0.5, 0.6) is 0 Å². The summed E-state index contributed by atoms with van der Waals surface area (Å²) < 4.78 is 5.60. The van der Waals surface area contributed by atoms with Crippen LogP contribution >= 0.6 is 11.3 Å². The molecule has 2 aromatic rings. The average Bonchev–Trinajstić information content (AvgIpc) is 3.26. The maximum atomic E-state index is 12.3. The minimum atomic E-state index is -0.0376. The van der Waals surface area contributed by atoms with E-state index in [1.807, 2.05) is 0 Å². The van der Waals surface area contributed by atoms with E-state index in [-0.39, 0.29) is 12.0 Å². The predicted molar refractivity (Wildman–Crippen MR) is 91.9 cm³/mol. The Balaban J connectivity index is 1.32. The van der Waals surface area contributed by atoms with E-state index in [4.69, 9.17) is 4.74 Å². The van der Waals surface area contributed by atoms with E-state index in [0.717, 1.165) is 44.0 Å². The van der Waals surface area contributed by atoms with Gasteiger partial charge in [-0.05, 0) is 30.4 Å². The Hall–Kier alpha value is -1.83. The Labute approximate surface area is 144 Å². The van der Waals surface area contributed by atoms with E-state index < -0.39 is 0 Å². The van der Waals surface area contributed by atoms with Gasteiger partial charge in [-0.25, -0.2) is 0 Å². The standard InChI is InChI=1S/C17H20N4O2S/c22-15(11-21-8-7-12-4-1-2-5-13(12)10-21)18-17-20-19-16(24-17)14-6-3-9-23-14/h1-2,4-5,14H,3,6-11H2,(H,18,20,22). The summed E-state index contributed by atoms with van der Waals surface area (Å²) >= 11 is 1.41. The molecule has 126 valence electrons. The van der Waals surface area contributed by atoms with E-state index in [1.165, 1.54) is 22.5 Å². The third-order valence-corrected chi connectivity index (χ3v) is 5.40. The van der Waals surface area contributed by atoms with Crippen LogP contribution in [0, 0.1) is 0 Å². The third-order valence-electron chi connectivity index (χ3n) is 4.47. The Morgan fingerprint density at radius 2 is 2.21 bits per heavy atom. The van der Waals surface area contributed by atoms with Crippen LogP contribution in [0.15, 0.2) is 24.3 Å². The third kappa shape index (κ3) is 3.48. The van der Waals surface area contributed by atoms with Gasteiger partial charge in [0.2, 0.25) is 11.0 Å². The first-order chi connectivity index (χ1) is 11.8. The lowest BCUT2D eigenvalue weighted by atomic mass is 10.00. The van der Waals surface area contributed by atoms with Gasteiger partial charge in [0.05, 0.1) is 6.54 Å². The van der Waals surface area contributed by atoms with Crippen LogP contribution in [0.25, 0.3) is 0 Å². The van der Waals surface area contributed by atoms with Gasteiger partial charge in [-0.15, -0.1) is 10.2 Å². The van der Waals surface area contributed by atoms with Gasteiger partial charge in [-0.2, -0.15) is 0 Å². The minimum Gasteiger partial charge on any atom is -0.371 e. The number of fused-ring (bicyclic) bond motifs is 1. The normalized spacial score (nSPS) is 20.8. The van der Waals surface area contributed by atoms with Crippen molar-refractivity contribution in [1.29, 1.82) is 0 Å². The number of hydrogen-bond acceptors (Lipinski definition) is 6. The number of hydrogen-bond donors (Lipinski definition) is 1. The number of rotatable bonds is 4. The van der Waals surface area contributed by atoms with Gasteiger partial charge < -0.3 is 4.74 Å². The lowest BCUT2D eigenvalue weighted by Crippen LogP contribution is -2.37. The Kier molecular flexibility index (Phi) is 4.55. The molecule has 0 bridgehead atoms. The second-order valence-electron chi connectivity index (χ2n) is 6.22. The molecule has 0 radical (unpaired) electrons. The summed E-state index contributed by atoms with van der Waals surface area (Å²) in [5.41, 5.74) is 2.70. The fourth-order valence-corrected chi connectivity index (χ4v) is 4.08. The predicted octanol–water partition coefficient (Wildman–Crippen LogP) is 2.39. The molecule has 1 fully saturated rings. The summed E-state index contributed by atoms with van der Waals surface area (Å²) in [5, 5.41) is 12.5. The minimum absolute atomic E-state index is 0.0376. The molecule has 1 N–H and O–H groups in total. The van der Waals surface area contributed by atoms with E-state index in [0.29, 0.717) is 11.7 Å². The number of ether oxygens (including phenoxy) is 1. The zero-order chi connectivity index (χ0) is 16.4. The Morgan fingerprint density at radius 3 is 3.04 bits per heavy atom. The molecule has 1 aromatic carbocycles. The van der Waals surface area contributed by atoms with E-state index in [9.17, 15) is 4.79 Å². The number of nitrogens with zero attached hydrogens (tertiary/aromatic N) is 3. The number of benzene rings is 1. The first-order valence-corrected chi connectivity index (χ1v) is 9.13. The van der Waals surface area contributed by atoms with Crippen molar-refractivity contribution in [3.8, 4) is 0 Å². The SMILES string of the molecule is O=C(CN1CCc2ccccc2C1)Nc1nnc(C2CCCO2)s1. The Bertz CT molecular complexity index is 727. The van der Waals surface area contributed by atoms with Crippen LogP contribution in [-0.4, -0.2) is 40.7 Å². The van der Waals surface area contributed by atoms with Crippen LogP contribution in [-0.2, 0) is 22.5 Å². The summed E-state index contributed by atoms with van der Waals surface area (Å²) in [6.07, 6.45) is 3.08. The molecule has 0 spiro atoms. The van der Waals surface area contributed by atoms with Crippen LogP contribution in [0.2, 0.25) is 0 Å². The summed E-state index contributed by atoms with van der Waals surface area (Å²) in [6.45, 7) is 2.88. The molecule has 2 aliphatic rings. The van der Waals surface area contributed by atoms with Crippen molar-refractivity contribution in [1.82, 2.24) is 15.1 Å². The molecule has 2 aliphatic heterocycles. The maximum Gasteiger partial charge on any atom is 0.240 e. The lowest BCUT2D eigenvalue weighted by Gasteiger charge is -2.27. The number of carbonyl (C=O) groups excluding carboxylic acids is 1. The fraction of sp³-hybridized carbons (Fsp3) is 0.471. The van der Waals surface area contributed by atoms with Crippen LogP contribution in [0.1, 0.15) is 35.1 Å². The van der Waals surface area contributed by atoms with Crippen molar-refractivity contribution < 1.29 is 9.53 Å². The second kappa shape index (κ2) is 6.96. The van der Waals surface area contributed by atoms with Crippen molar-refractivity contribution in [3.05, 3.63) is 40.4 Å². The molecule has 1 unspecified atom stereocenters. The summed E-state index contributed by atoms with van der Waals surface area (Å²) in [5.74, 6) is -0.0376. The van der Waals surface area contributed by atoms with E-state index in [2.05, 4.69) is 44.7 Å². The van der Waals surface area contributed by atoms with Crippen LogP contribution in [0.4, 0.5) is 5.13 Å².